The van der Waals surface area contributed by atoms with Crippen LogP contribution in [0.5, 0.6) is 0 Å². The second-order valence-electron chi connectivity index (χ2n) is 8.04. The molecule has 1 amide bonds. The smallest absolute Gasteiger partial charge is 0.239 e. The highest BCUT2D eigenvalue weighted by Crippen LogP contribution is 2.14. The maximum atomic E-state index is 12.7. The molecule has 0 aromatic carbocycles. The van der Waals surface area contributed by atoms with Crippen molar-refractivity contribution < 1.29 is 13.2 Å². The molecule has 2 aliphatic heterocycles. The van der Waals surface area contributed by atoms with Crippen molar-refractivity contribution in [3.8, 4) is 0 Å². The first-order valence-corrected chi connectivity index (χ1v) is 12.9. The Morgan fingerprint density at radius 1 is 1.07 bits per heavy atom. The molecule has 10 heteroatoms. The van der Waals surface area contributed by atoms with Crippen LogP contribution < -0.4 is 5.32 Å². The summed E-state index contributed by atoms with van der Waals surface area (Å²) < 4.78 is 25.1. The average Bonchev–Trinajstić information content (AvgIpc) is 3.29. The molecule has 1 atom stereocenters. The van der Waals surface area contributed by atoms with Crippen molar-refractivity contribution in [3.05, 3.63) is 0 Å². The molecule has 2 fully saturated rings. The van der Waals surface area contributed by atoms with Crippen molar-refractivity contribution >= 4 is 21.9 Å². The Kier molecular flexibility index (Phi) is 9.83. The van der Waals surface area contributed by atoms with E-state index in [0.717, 1.165) is 64.6 Å². The fourth-order valence-electron chi connectivity index (χ4n) is 3.94. The van der Waals surface area contributed by atoms with Crippen LogP contribution in [-0.4, -0.2) is 117 Å². The van der Waals surface area contributed by atoms with Gasteiger partial charge in [-0.1, -0.05) is 0 Å². The van der Waals surface area contributed by atoms with Gasteiger partial charge in [-0.05, 0) is 40.0 Å². The normalized spacial score (nSPS) is 20.1. The first-order chi connectivity index (χ1) is 14.3. The van der Waals surface area contributed by atoms with Gasteiger partial charge >= 0.3 is 0 Å². The Bertz CT molecular complexity index is 670. The zero-order valence-electron chi connectivity index (χ0n) is 19.1. The van der Waals surface area contributed by atoms with Crippen LogP contribution in [0.1, 0.15) is 40.0 Å². The number of amides is 1. The standard InChI is InChI=1S/C20H40N6O3S/c1-5-21-20(22-10-9-11-23(4)30(28,29)6-2)26-16-14-24(15-17-26)18(3)19(27)25-12-7-8-13-25/h18H,5-17H2,1-4H3,(H,21,22). The second kappa shape index (κ2) is 11.9. The van der Waals surface area contributed by atoms with Gasteiger partial charge in [0.15, 0.2) is 5.96 Å². The Morgan fingerprint density at radius 3 is 2.27 bits per heavy atom. The van der Waals surface area contributed by atoms with Crippen LogP contribution in [0.4, 0.5) is 0 Å². The number of sulfonamides is 1. The third-order valence-corrected chi connectivity index (χ3v) is 7.87. The summed E-state index contributed by atoms with van der Waals surface area (Å²) >= 11 is 0. The van der Waals surface area contributed by atoms with E-state index in [2.05, 4.69) is 15.1 Å². The van der Waals surface area contributed by atoms with Crippen molar-refractivity contribution in [2.24, 2.45) is 4.99 Å². The van der Waals surface area contributed by atoms with Crippen LogP contribution in [0.25, 0.3) is 0 Å². The van der Waals surface area contributed by atoms with E-state index in [4.69, 9.17) is 4.99 Å². The zero-order valence-corrected chi connectivity index (χ0v) is 20.0. The number of aliphatic imine (C=N–C) groups is 1. The molecule has 30 heavy (non-hydrogen) atoms. The molecule has 174 valence electrons. The predicted molar refractivity (Wildman–Crippen MR) is 121 cm³/mol. The number of hydrogen-bond donors (Lipinski definition) is 1. The number of nitrogens with one attached hydrogen (secondary N) is 1. The molecule has 2 heterocycles. The van der Waals surface area contributed by atoms with Gasteiger partial charge in [-0.3, -0.25) is 14.7 Å². The summed E-state index contributed by atoms with van der Waals surface area (Å²) in [4.78, 5) is 23.9. The molecule has 2 rings (SSSR count). The van der Waals surface area contributed by atoms with Gasteiger partial charge in [0, 0.05) is 66.0 Å². The van der Waals surface area contributed by atoms with Gasteiger partial charge in [0.1, 0.15) is 0 Å². The van der Waals surface area contributed by atoms with E-state index in [-0.39, 0.29) is 17.7 Å². The maximum absolute atomic E-state index is 12.7. The maximum Gasteiger partial charge on any atom is 0.239 e. The third-order valence-electron chi connectivity index (χ3n) is 6.00. The van der Waals surface area contributed by atoms with E-state index >= 15 is 0 Å². The van der Waals surface area contributed by atoms with Gasteiger partial charge in [0.2, 0.25) is 15.9 Å². The average molecular weight is 445 g/mol. The Labute approximate surface area is 182 Å². The highest BCUT2D eigenvalue weighted by Gasteiger charge is 2.30. The van der Waals surface area contributed by atoms with E-state index in [1.807, 2.05) is 18.7 Å². The van der Waals surface area contributed by atoms with Crippen molar-refractivity contribution in [1.29, 1.82) is 0 Å². The molecule has 1 unspecified atom stereocenters. The summed E-state index contributed by atoms with van der Waals surface area (Å²) in [5.74, 6) is 1.25. The molecule has 0 spiro atoms. The minimum absolute atomic E-state index is 0.0687. The first kappa shape index (κ1) is 24.9. The van der Waals surface area contributed by atoms with Gasteiger partial charge in [-0.2, -0.15) is 0 Å². The van der Waals surface area contributed by atoms with Crippen LogP contribution >= 0.6 is 0 Å². The fraction of sp³-hybridized carbons (Fsp3) is 0.900. The number of carbonyl (C=O) groups excluding carboxylic acids is 1. The van der Waals surface area contributed by atoms with Crippen LogP contribution in [0.15, 0.2) is 4.99 Å². The lowest BCUT2D eigenvalue weighted by Gasteiger charge is -2.39. The second-order valence-corrected chi connectivity index (χ2v) is 10.4. The summed E-state index contributed by atoms with van der Waals surface area (Å²) in [5, 5.41) is 3.34. The minimum atomic E-state index is -3.13. The number of piperazine rings is 1. The zero-order chi connectivity index (χ0) is 22.1. The predicted octanol–water partition coefficient (Wildman–Crippen LogP) is 0.252. The number of carbonyl (C=O) groups is 1. The summed E-state index contributed by atoms with van der Waals surface area (Å²) in [6.45, 7) is 12.7. The molecule has 0 radical (unpaired) electrons. The van der Waals surface area contributed by atoms with Crippen molar-refractivity contribution in [2.45, 2.75) is 46.1 Å². The Hall–Kier alpha value is -1.39. The lowest BCUT2D eigenvalue weighted by atomic mass is 10.2. The topological polar surface area (TPSA) is 88.6 Å². The van der Waals surface area contributed by atoms with Crippen LogP contribution in [0.3, 0.4) is 0 Å². The summed E-state index contributed by atoms with van der Waals surface area (Å²) in [5.41, 5.74) is 0. The van der Waals surface area contributed by atoms with E-state index in [0.29, 0.717) is 19.5 Å². The van der Waals surface area contributed by atoms with Gasteiger partial charge in [-0.15, -0.1) is 0 Å². The van der Waals surface area contributed by atoms with Gasteiger partial charge in [-0.25, -0.2) is 12.7 Å². The number of guanidine groups is 1. The Morgan fingerprint density at radius 2 is 1.70 bits per heavy atom. The van der Waals surface area contributed by atoms with E-state index < -0.39 is 10.0 Å². The summed E-state index contributed by atoms with van der Waals surface area (Å²) in [6.07, 6.45) is 2.93. The Balaban J connectivity index is 1.82. The molecule has 0 bridgehead atoms. The minimum Gasteiger partial charge on any atom is -0.357 e. The highest BCUT2D eigenvalue weighted by atomic mass is 32.2. The third kappa shape index (κ3) is 6.81. The monoisotopic (exact) mass is 444 g/mol. The number of likely N-dealkylation sites (tertiary alicyclic amines) is 1. The first-order valence-electron chi connectivity index (χ1n) is 11.3. The lowest BCUT2D eigenvalue weighted by Crippen LogP contribution is -2.57. The van der Waals surface area contributed by atoms with Crippen LogP contribution in [-0.2, 0) is 14.8 Å². The molecule has 2 aliphatic rings. The van der Waals surface area contributed by atoms with Gasteiger partial charge in [0.05, 0.1) is 11.8 Å². The molecule has 0 aromatic heterocycles. The quantitative estimate of drug-likeness (QED) is 0.312. The molecule has 0 aliphatic carbocycles. The molecule has 1 N–H and O–H groups in total. The summed E-state index contributed by atoms with van der Waals surface area (Å²) in [6, 6.07) is -0.0687. The summed E-state index contributed by atoms with van der Waals surface area (Å²) in [7, 11) is -1.51. The van der Waals surface area contributed by atoms with Crippen molar-refractivity contribution in [1.82, 2.24) is 24.3 Å². The molecule has 9 nitrogen and oxygen atoms in total. The van der Waals surface area contributed by atoms with Crippen LogP contribution in [0.2, 0.25) is 0 Å². The molecule has 0 saturated carbocycles. The fourth-order valence-corrected chi connectivity index (χ4v) is 4.79. The SMILES string of the molecule is CCNC(=NCCCN(C)S(=O)(=O)CC)N1CCN(C(C)C(=O)N2CCCC2)CC1. The number of nitrogens with zero attached hydrogens (tertiary/aromatic N) is 5. The van der Waals surface area contributed by atoms with E-state index in [9.17, 15) is 13.2 Å². The van der Waals surface area contributed by atoms with E-state index in [1.54, 1.807) is 14.0 Å². The van der Waals surface area contributed by atoms with E-state index in [1.165, 1.54) is 4.31 Å². The molecule has 2 saturated heterocycles. The largest absolute Gasteiger partial charge is 0.357 e. The van der Waals surface area contributed by atoms with Gasteiger partial charge < -0.3 is 15.1 Å². The van der Waals surface area contributed by atoms with Crippen molar-refractivity contribution in [2.75, 3.05) is 71.7 Å². The lowest BCUT2D eigenvalue weighted by molar-refractivity contribution is -0.135. The van der Waals surface area contributed by atoms with Gasteiger partial charge in [0.25, 0.3) is 0 Å². The number of rotatable bonds is 9. The highest BCUT2D eigenvalue weighted by molar-refractivity contribution is 7.89. The van der Waals surface area contributed by atoms with Crippen LogP contribution in [0, 0.1) is 0 Å². The molecule has 0 aromatic rings. The number of hydrogen-bond acceptors (Lipinski definition) is 5. The van der Waals surface area contributed by atoms with Crippen molar-refractivity contribution in [3.63, 3.8) is 0 Å². The molecular formula is C20H40N6O3S. The molecular weight excluding hydrogens is 404 g/mol.